The number of benzene rings is 4. The standard InChI is InChI=1S/C39H31N5O5S/c1-24-12-18-28(19-13-24)50(48,49)43-21-20-32-36(43)40-22-33-34(25-14-16-27(17-15-25)39(2,3)47)41-35(44(32)33)29-9-5-4-8-26(29)23-42-37(45)30-10-6-7-11-31(30)38(42)46/h4-22,47H,23H2,1-3H3. The Hall–Kier alpha value is -5.91. The lowest BCUT2D eigenvalue weighted by molar-refractivity contribution is 0.0642. The van der Waals surface area contributed by atoms with E-state index in [1.165, 1.54) is 15.1 Å². The molecule has 2 amide bonds. The van der Waals surface area contributed by atoms with Crippen LogP contribution in [0.2, 0.25) is 0 Å². The Morgan fingerprint density at radius 3 is 2.02 bits per heavy atom. The molecule has 7 aromatic rings. The van der Waals surface area contributed by atoms with Gasteiger partial charge in [0.15, 0.2) is 5.65 Å². The van der Waals surface area contributed by atoms with Crippen molar-refractivity contribution in [3.63, 3.8) is 0 Å². The molecule has 8 rings (SSSR count). The number of fused-ring (bicyclic) bond motifs is 4. The lowest BCUT2D eigenvalue weighted by Crippen LogP contribution is -2.29. The van der Waals surface area contributed by atoms with Crippen LogP contribution in [-0.4, -0.2) is 48.6 Å². The molecule has 0 radical (unpaired) electrons. The molecule has 0 saturated heterocycles. The summed E-state index contributed by atoms with van der Waals surface area (Å²) in [6.07, 6.45) is 3.09. The number of carbonyl (C=O) groups excluding carboxylic acids is 2. The number of aromatic nitrogens is 4. The van der Waals surface area contributed by atoms with Gasteiger partial charge in [-0.25, -0.2) is 22.4 Å². The predicted octanol–water partition coefficient (Wildman–Crippen LogP) is 6.59. The summed E-state index contributed by atoms with van der Waals surface area (Å²) in [5, 5.41) is 10.6. The third kappa shape index (κ3) is 4.93. The van der Waals surface area contributed by atoms with Gasteiger partial charge in [-0.05, 0) is 62.2 Å². The van der Waals surface area contributed by atoms with Gasteiger partial charge in [0.2, 0.25) is 0 Å². The van der Waals surface area contributed by atoms with E-state index in [0.717, 1.165) is 16.7 Å². The Morgan fingerprint density at radius 1 is 0.760 bits per heavy atom. The fourth-order valence-electron chi connectivity index (χ4n) is 6.49. The molecule has 50 heavy (non-hydrogen) atoms. The van der Waals surface area contributed by atoms with Crippen molar-refractivity contribution in [2.24, 2.45) is 0 Å². The lowest BCUT2D eigenvalue weighted by atomic mass is 9.97. The summed E-state index contributed by atoms with van der Waals surface area (Å²) in [4.78, 5) is 37.9. The molecule has 0 spiro atoms. The fraction of sp³-hybridized carbons (Fsp3) is 0.128. The molecule has 3 aromatic heterocycles. The van der Waals surface area contributed by atoms with Gasteiger partial charge < -0.3 is 5.11 Å². The SMILES string of the molecule is Cc1ccc(S(=O)(=O)n2ccc3c2ncc2c(-c4ccc(C(C)(C)O)cc4)nc(-c4ccccc4CN4C(=O)c5ccccc5C4=O)n23)cc1. The summed E-state index contributed by atoms with van der Waals surface area (Å²) in [7, 11) is -4.00. The largest absolute Gasteiger partial charge is 0.386 e. The second-order valence-electron chi connectivity index (χ2n) is 12.9. The van der Waals surface area contributed by atoms with Crippen molar-refractivity contribution in [1.29, 1.82) is 0 Å². The van der Waals surface area contributed by atoms with Crippen LogP contribution in [0.4, 0.5) is 0 Å². The van der Waals surface area contributed by atoms with Gasteiger partial charge in [-0.3, -0.25) is 18.9 Å². The van der Waals surface area contributed by atoms with Crippen molar-refractivity contribution in [3.8, 4) is 22.6 Å². The van der Waals surface area contributed by atoms with E-state index in [4.69, 9.17) is 4.98 Å². The van der Waals surface area contributed by atoms with Gasteiger partial charge in [-0.2, -0.15) is 0 Å². The van der Waals surface area contributed by atoms with Gasteiger partial charge in [0.1, 0.15) is 5.82 Å². The zero-order valence-corrected chi connectivity index (χ0v) is 28.2. The van der Waals surface area contributed by atoms with E-state index < -0.39 is 15.6 Å². The van der Waals surface area contributed by atoms with E-state index in [1.807, 2.05) is 59.9 Å². The first-order valence-corrected chi connectivity index (χ1v) is 17.4. The monoisotopic (exact) mass is 681 g/mol. The molecule has 1 aliphatic rings. The van der Waals surface area contributed by atoms with Gasteiger partial charge in [-0.1, -0.05) is 78.4 Å². The number of amides is 2. The van der Waals surface area contributed by atoms with Crippen molar-refractivity contribution < 1.29 is 23.1 Å². The number of nitrogens with zero attached hydrogens (tertiary/aromatic N) is 5. The predicted molar refractivity (Wildman–Crippen MR) is 189 cm³/mol. The molecule has 0 atom stereocenters. The summed E-state index contributed by atoms with van der Waals surface area (Å²) in [5.41, 5.74) is 5.34. The van der Waals surface area contributed by atoms with Crippen molar-refractivity contribution in [1.82, 2.24) is 23.2 Å². The Bertz CT molecular complexity index is 2580. The number of imide groups is 1. The van der Waals surface area contributed by atoms with Gasteiger partial charge in [0.05, 0.1) is 51.1 Å². The average molecular weight is 682 g/mol. The number of imidazole rings is 1. The van der Waals surface area contributed by atoms with Crippen LogP contribution < -0.4 is 0 Å². The number of aryl methyl sites for hydroxylation is 1. The van der Waals surface area contributed by atoms with Crippen LogP contribution in [-0.2, 0) is 22.2 Å². The Kier molecular flexibility index (Phi) is 7.11. The van der Waals surface area contributed by atoms with Crippen LogP contribution in [0.15, 0.2) is 120 Å². The normalized spacial score (nSPS) is 13.5. The third-order valence-corrected chi connectivity index (χ3v) is 10.9. The highest BCUT2D eigenvalue weighted by Gasteiger charge is 2.36. The summed E-state index contributed by atoms with van der Waals surface area (Å²) < 4.78 is 30.8. The molecule has 0 fully saturated rings. The minimum absolute atomic E-state index is 0.00406. The summed E-state index contributed by atoms with van der Waals surface area (Å²) in [6, 6.07) is 30.0. The zero-order chi connectivity index (χ0) is 34.9. The molecule has 4 aromatic carbocycles. The van der Waals surface area contributed by atoms with Crippen molar-refractivity contribution in [2.75, 3.05) is 0 Å². The topological polar surface area (TPSA) is 127 Å². The van der Waals surface area contributed by atoms with Crippen LogP contribution in [0.3, 0.4) is 0 Å². The van der Waals surface area contributed by atoms with E-state index in [2.05, 4.69) is 4.98 Å². The first kappa shape index (κ1) is 31.4. The molecule has 0 bridgehead atoms. The molecule has 4 heterocycles. The van der Waals surface area contributed by atoms with Crippen molar-refractivity contribution in [3.05, 3.63) is 143 Å². The number of hydrogen-bond acceptors (Lipinski definition) is 7. The molecule has 0 unspecified atom stereocenters. The highest BCUT2D eigenvalue weighted by Crippen LogP contribution is 2.36. The molecule has 1 N–H and O–H groups in total. The minimum atomic E-state index is -4.00. The molecular weight excluding hydrogens is 651 g/mol. The number of rotatable bonds is 7. The molecule has 1 aliphatic heterocycles. The van der Waals surface area contributed by atoms with E-state index in [0.29, 0.717) is 44.8 Å². The first-order chi connectivity index (χ1) is 23.9. The number of hydrogen-bond donors (Lipinski definition) is 1. The van der Waals surface area contributed by atoms with Gasteiger partial charge in [-0.15, -0.1) is 0 Å². The molecule has 0 saturated carbocycles. The number of carbonyl (C=O) groups is 2. The molecule has 11 heteroatoms. The third-order valence-electron chi connectivity index (χ3n) is 9.18. The highest BCUT2D eigenvalue weighted by molar-refractivity contribution is 7.90. The Balaban J connectivity index is 1.33. The lowest BCUT2D eigenvalue weighted by Gasteiger charge is -2.17. The second kappa shape index (κ2) is 11.3. The quantitative estimate of drug-likeness (QED) is 0.188. The Labute approximate surface area is 288 Å². The van der Waals surface area contributed by atoms with Crippen LogP contribution in [0.1, 0.15) is 51.3 Å². The van der Waals surface area contributed by atoms with Crippen LogP contribution in [0.5, 0.6) is 0 Å². The smallest absolute Gasteiger partial charge is 0.269 e. The van der Waals surface area contributed by atoms with E-state index in [9.17, 15) is 23.1 Å². The maximum atomic E-state index is 13.9. The zero-order valence-electron chi connectivity index (χ0n) is 27.4. The Morgan fingerprint density at radius 2 is 1.38 bits per heavy atom. The minimum Gasteiger partial charge on any atom is -0.386 e. The van der Waals surface area contributed by atoms with Gasteiger partial charge in [0.25, 0.3) is 21.8 Å². The number of aliphatic hydroxyl groups is 1. The van der Waals surface area contributed by atoms with Crippen LogP contribution in [0, 0.1) is 6.92 Å². The second-order valence-corrected chi connectivity index (χ2v) is 14.8. The molecular formula is C39H31N5O5S. The van der Waals surface area contributed by atoms with Gasteiger partial charge >= 0.3 is 0 Å². The summed E-state index contributed by atoms with van der Waals surface area (Å²) in [5.74, 6) is -0.261. The van der Waals surface area contributed by atoms with E-state index >= 15 is 0 Å². The maximum absolute atomic E-state index is 13.9. The van der Waals surface area contributed by atoms with Crippen molar-refractivity contribution in [2.45, 2.75) is 37.8 Å². The van der Waals surface area contributed by atoms with E-state index in [1.54, 1.807) is 74.6 Å². The first-order valence-electron chi connectivity index (χ1n) is 16.0. The van der Waals surface area contributed by atoms with Crippen LogP contribution in [0.25, 0.3) is 39.3 Å². The average Bonchev–Trinajstić information content (AvgIpc) is 3.78. The maximum Gasteiger partial charge on any atom is 0.269 e. The van der Waals surface area contributed by atoms with Gasteiger partial charge in [0, 0.05) is 17.3 Å². The van der Waals surface area contributed by atoms with E-state index in [-0.39, 0.29) is 28.9 Å². The molecule has 0 aliphatic carbocycles. The highest BCUT2D eigenvalue weighted by atomic mass is 32.2. The van der Waals surface area contributed by atoms with Crippen LogP contribution >= 0.6 is 0 Å². The molecule has 10 nitrogen and oxygen atoms in total. The van der Waals surface area contributed by atoms with Crippen molar-refractivity contribution >= 4 is 38.5 Å². The fourth-order valence-corrected chi connectivity index (χ4v) is 7.78. The molecule has 248 valence electrons. The summed E-state index contributed by atoms with van der Waals surface area (Å²) >= 11 is 0. The summed E-state index contributed by atoms with van der Waals surface area (Å²) in [6.45, 7) is 5.33.